The standard InChI is InChI=1S/C33H34N6O7S/c1-38-32(35-36-37-38)47-20-26-15-28(24-11-9-22(18-40)10-12-24)46-31(45-26)25-13-7-21(8-14-25)17-39-29(41)16-27(30(39)42)34-33(43)44-19-23-5-3-2-4-6-23/h2-14,26-28,31,40H,15-20H2,1H3,(H,34,43)/t26-,27?,28+,31+/m1/s1. The Balaban J connectivity index is 1.08. The molecule has 0 bridgehead atoms. The van der Waals surface area contributed by atoms with E-state index in [1.165, 1.54) is 11.8 Å². The maximum Gasteiger partial charge on any atom is 0.408 e. The van der Waals surface area contributed by atoms with Gasteiger partial charge in [-0.05, 0) is 32.7 Å². The summed E-state index contributed by atoms with van der Waals surface area (Å²) in [4.78, 5) is 39.2. The molecule has 13 nitrogen and oxygen atoms in total. The van der Waals surface area contributed by atoms with Crippen LogP contribution in [0.3, 0.4) is 0 Å². The molecule has 6 rings (SSSR count). The molecule has 3 aromatic carbocycles. The van der Waals surface area contributed by atoms with Crippen LogP contribution >= 0.6 is 11.8 Å². The third-order valence-electron chi connectivity index (χ3n) is 7.94. The summed E-state index contributed by atoms with van der Waals surface area (Å²) >= 11 is 1.50. The van der Waals surface area contributed by atoms with E-state index in [1.54, 1.807) is 11.7 Å². The summed E-state index contributed by atoms with van der Waals surface area (Å²) in [7, 11) is 1.78. The summed E-state index contributed by atoms with van der Waals surface area (Å²) in [5, 5.41) is 24.3. The molecule has 2 saturated heterocycles. The molecule has 1 aromatic heterocycles. The van der Waals surface area contributed by atoms with Crippen LogP contribution in [0.2, 0.25) is 0 Å². The number of hydrogen-bond acceptors (Lipinski definition) is 11. The Bertz CT molecular complexity index is 1690. The number of thioether (sulfide) groups is 1. The second-order valence-corrected chi connectivity index (χ2v) is 12.3. The summed E-state index contributed by atoms with van der Waals surface area (Å²) in [5.41, 5.74) is 4.11. The number of aliphatic hydroxyl groups excluding tert-OH is 1. The first kappa shape index (κ1) is 32.3. The Morgan fingerprint density at radius 3 is 2.40 bits per heavy atom. The van der Waals surface area contributed by atoms with Crippen molar-refractivity contribution in [3.63, 3.8) is 0 Å². The van der Waals surface area contributed by atoms with Crippen LogP contribution in [0.1, 0.15) is 53.1 Å². The number of imide groups is 1. The molecule has 14 heteroatoms. The zero-order valence-electron chi connectivity index (χ0n) is 25.6. The van der Waals surface area contributed by atoms with E-state index in [0.29, 0.717) is 17.3 Å². The summed E-state index contributed by atoms with van der Waals surface area (Å²) in [6.07, 6.45) is -1.39. The van der Waals surface area contributed by atoms with Crippen molar-refractivity contribution in [1.29, 1.82) is 0 Å². The van der Waals surface area contributed by atoms with Crippen LogP contribution in [-0.2, 0) is 50.6 Å². The SMILES string of the molecule is Cn1nnnc1SC[C@H]1C[C@@H](c2ccc(CO)cc2)O[C@@H](c2ccc(CN3C(=O)CC(NC(=O)OCc4ccccc4)C3=O)cc2)O1. The summed E-state index contributed by atoms with van der Waals surface area (Å²) < 4.78 is 19.6. The van der Waals surface area contributed by atoms with Gasteiger partial charge in [-0.15, -0.1) is 5.10 Å². The molecule has 0 aliphatic carbocycles. The highest BCUT2D eigenvalue weighted by molar-refractivity contribution is 7.99. The minimum Gasteiger partial charge on any atom is -0.445 e. The second-order valence-electron chi connectivity index (χ2n) is 11.3. The minimum absolute atomic E-state index is 0.0397. The number of amides is 3. The van der Waals surface area contributed by atoms with Crippen LogP contribution in [0.4, 0.5) is 4.79 Å². The molecule has 4 atom stereocenters. The van der Waals surface area contributed by atoms with Gasteiger partial charge in [-0.1, -0.05) is 90.6 Å². The number of alkyl carbamates (subject to hydrolysis) is 1. The highest BCUT2D eigenvalue weighted by Crippen LogP contribution is 2.39. The highest BCUT2D eigenvalue weighted by atomic mass is 32.2. The largest absolute Gasteiger partial charge is 0.445 e. The monoisotopic (exact) mass is 658 g/mol. The lowest BCUT2D eigenvalue weighted by Crippen LogP contribution is -2.41. The number of aliphatic hydroxyl groups is 1. The molecule has 0 radical (unpaired) electrons. The van der Waals surface area contributed by atoms with E-state index in [4.69, 9.17) is 14.2 Å². The molecule has 3 heterocycles. The van der Waals surface area contributed by atoms with Crippen molar-refractivity contribution in [1.82, 2.24) is 30.4 Å². The average molecular weight is 659 g/mol. The number of carbonyl (C=O) groups excluding carboxylic acids is 3. The molecule has 2 aliphatic rings. The molecule has 2 aliphatic heterocycles. The molecule has 4 aromatic rings. The van der Waals surface area contributed by atoms with Gasteiger partial charge in [-0.25, -0.2) is 9.48 Å². The Kier molecular flexibility index (Phi) is 10.2. The third kappa shape index (κ3) is 8.03. The molecule has 2 N–H and O–H groups in total. The first-order valence-electron chi connectivity index (χ1n) is 15.1. The number of ether oxygens (including phenoxy) is 3. The van der Waals surface area contributed by atoms with Gasteiger partial charge in [0.2, 0.25) is 11.1 Å². The number of benzene rings is 3. The van der Waals surface area contributed by atoms with Crippen molar-refractivity contribution >= 4 is 29.7 Å². The smallest absolute Gasteiger partial charge is 0.408 e. The number of hydrogen-bond donors (Lipinski definition) is 2. The first-order chi connectivity index (χ1) is 22.9. The molecular formula is C33H34N6O7S. The predicted molar refractivity (Wildman–Crippen MR) is 168 cm³/mol. The molecule has 0 spiro atoms. The number of likely N-dealkylation sites (tertiary alicyclic amines) is 1. The van der Waals surface area contributed by atoms with Crippen LogP contribution in [0.15, 0.2) is 84.0 Å². The van der Waals surface area contributed by atoms with Crippen LogP contribution in [0, 0.1) is 0 Å². The molecule has 0 saturated carbocycles. The molecule has 2 fully saturated rings. The van der Waals surface area contributed by atoms with Crippen LogP contribution < -0.4 is 5.32 Å². The van der Waals surface area contributed by atoms with Gasteiger partial charge in [-0.3, -0.25) is 14.5 Å². The van der Waals surface area contributed by atoms with Crippen molar-refractivity contribution < 1.29 is 33.7 Å². The molecular weight excluding hydrogens is 624 g/mol. The quantitative estimate of drug-likeness (QED) is 0.179. The summed E-state index contributed by atoms with van der Waals surface area (Å²) in [6.45, 7) is 0.0792. The van der Waals surface area contributed by atoms with Gasteiger partial charge in [0.25, 0.3) is 5.91 Å². The van der Waals surface area contributed by atoms with Gasteiger partial charge in [0, 0.05) is 24.8 Å². The Hall–Kier alpha value is -4.63. The van der Waals surface area contributed by atoms with Crippen molar-refractivity contribution in [2.75, 3.05) is 5.75 Å². The number of tetrazole rings is 1. The fourth-order valence-corrected chi connectivity index (χ4v) is 6.23. The Labute approximate surface area is 275 Å². The van der Waals surface area contributed by atoms with E-state index in [9.17, 15) is 19.5 Å². The Morgan fingerprint density at radius 1 is 0.979 bits per heavy atom. The molecule has 47 heavy (non-hydrogen) atoms. The number of nitrogens with one attached hydrogen (secondary N) is 1. The van der Waals surface area contributed by atoms with E-state index in [0.717, 1.165) is 32.7 Å². The van der Waals surface area contributed by atoms with Gasteiger partial charge in [0.15, 0.2) is 6.29 Å². The van der Waals surface area contributed by atoms with Crippen molar-refractivity contribution in [2.24, 2.45) is 7.05 Å². The number of nitrogens with zero attached hydrogens (tertiary/aromatic N) is 5. The molecule has 244 valence electrons. The number of carbonyl (C=O) groups is 3. The minimum atomic E-state index is -0.982. The lowest BCUT2D eigenvalue weighted by Gasteiger charge is -2.36. The summed E-state index contributed by atoms with van der Waals surface area (Å²) in [6, 6.07) is 23.2. The van der Waals surface area contributed by atoms with Crippen LogP contribution in [0.25, 0.3) is 0 Å². The van der Waals surface area contributed by atoms with Gasteiger partial charge < -0.3 is 24.6 Å². The van der Waals surface area contributed by atoms with Gasteiger partial charge in [0.1, 0.15) is 12.6 Å². The van der Waals surface area contributed by atoms with Crippen molar-refractivity contribution in [3.8, 4) is 0 Å². The summed E-state index contributed by atoms with van der Waals surface area (Å²) in [5.74, 6) is -0.256. The Morgan fingerprint density at radius 2 is 1.70 bits per heavy atom. The fourth-order valence-electron chi connectivity index (χ4n) is 5.37. The average Bonchev–Trinajstić information content (AvgIpc) is 3.63. The maximum atomic E-state index is 13.0. The van der Waals surface area contributed by atoms with E-state index in [2.05, 4.69) is 20.8 Å². The second kappa shape index (κ2) is 14.9. The van der Waals surface area contributed by atoms with Gasteiger partial charge >= 0.3 is 6.09 Å². The normalized spacial score (nSPS) is 21.2. The van der Waals surface area contributed by atoms with Crippen molar-refractivity contribution in [3.05, 3.63) is 107 Å². The predicted octanol–water partition coefficient (Wildman–Crippen LogP) is 3.59. The number of rotatable bonds is 11. The number of aryl methyl sites for hydroxylation is 1. The lowest BCUT2D eigenvalue weighted by molar-refractivity contribution is -0.245. The van der Waals surface area contributed by atoms with Crippen LogP contribution in [-0.4, -0.2) is 66.0 Å². The topological polar surface area (TPSA) is 158 Å². The number of aromatic nitrogens is 4. The lowest BCUT2D eigenvalue weighted by atomic mass is 10.0. The van der Waals surface area contributed by atoms with Crippen LogP contribution in [0.5, 0.6) is 0 Å². The fraction of sp³-hybridized carbons (Fsp3) is 0.333. The zero-order chi connectivity index (χ0) is 32.8. The van der Waals surface area contributed by atoms with E-state index < -0.39 is 24.3 Å². The maximum absolute atomic E-state index is 13.0. The highest BCUT2D eigenvalue weighted by Gasteiger charge is 2.40. The van der Waals surface area contributed by atoms with E-state index >= 15 is 0 Å². The third-order valence-corrected chi connectivity index (χ3v) is 9.08. The first-order valence-corrected chi connectivity index (χ1v) is 16.1. The van der Waals surface area contributed by atoms with E-state index in [-0.39, 0.29) is 44.3 Å². The van der Waals surface area contributed by atoms with E-state index in [1.807, 2.05) is 78.9 Å². The van der Waals surface area contributed by atoms with Gasteiger partial charge in [0.05, 0.1) is 31.8 Å². The van der Waals surface area contributed by atoms with Crippen molar-refractivity contribution in [2.45, 2.75) is 62.3 Å². The zero-order valence-corrected chi connectivity index (χ0v) is 26.4. The molecule has 3 amide bonds. The molecule has 1 unspecified atom stereocenters. The van der Waals surface area contributed by atoms with Gasteiger partial charge in [-0.2, -0.15) is 0 Å².